The van der Waals surface area contributed by atoms with Gasteiger partial charge in [-0.2, -0.15) is 0 Å². The molecule has 0 aliphatic carbocycles. The van der Waals surface area contributed by atoms with Crippen LogP contribution in [0.25, 0.3) is 0 Å². The summed E-state index contributed by atoms with van der Waals surface area (Å²) in [5.41, 5.74) is 2.78. The third-order valence-corrected chi connectivity index (χ3v) is 4.96. The zero-order valence-corrected chi connectivity index (χ0v) is 18.4. The van der Waals surface area contributed by atoms with E-state index in [2.05, 4.69) is 5.32 Å². The van der Waals surface area contributed by atoms with Crippen LogP contribution in [-0.2, 0) is 16.1 Å². The Balaban J connectivity index is 2.20. The molecular formula is C23H29ClN2O3. The van der Waals surface area contributed by atoms with Gasteiger partial charge in [0.25, 0.3) is 5.91 Å². The number of hydrogen-bond donors (Lipinski definition) is 1. The van der Waals surface area contributed by atoms with E-state index >= 15 is 0 Å². The van der Waals surface area contributed by atoms with Crippen molar-refractivity contribution in [3.8, 4) is 5.75 Å². The van der Waals surface area contributed by atoms with Crippen LogP contribution in [0.2, 0.25) is 5.02 Å². The van der Waals surface area contributed by atoms with Gasteiger partial charge in [-0.15, -0.1) is 0 Å². The van der Waals surface area contributed by atoms with Crippen LogP contribution in [0.3, 0.4) is 0 Å². The Morgan fingerprint density at radius 2 is 1.79 bits per heavy atom. The Kier molecular flexibility index (Phi) is 8.09. The fourth-order valence-corrected chi connectivity index (χ4v) is 3.08. The predicted molar refractivity (Wildman–Crippen MR) is 116 cm³/mol. The number of halogens is 1. The van der Waals surface area contributed by atoms with Gasteiger partial charge in [-0.3, -0.25) is 9.59 Å². The molecule has 2 amide bonds. The van der Waals surface area contributed by atoms with Crippen molar-refractivity contribution in [2.45, 2.75) is 53.2 Å². The maximum Gasteiger partial charge on any atom is 0.261 e. The molecule has 0 radical (unpaired) electrons. The Labute approximate surface area is 178 Å². The lowest BCUT2D eigenvalue weighted by atomic mass is 10.1. The normalized spacial score (nSPS) is 11.8. The molecule has 0 spiro atoms. The molecule has 0 aliphatic heterocycles. The molecule has 1 N–H and O–H groups in total. The minimum atomic E-state index is -0.664. The van der Waals surface area contributed by atoms with Gasteiger partial charge in [0, 0.05) is 17.6 Å². The number of benzene rings is 2. The van der Waals surface area contributed by atoms with Crippen LogP contribution < -0.4 is 10.1 Å². The zero-order chi connectivity index (χ0) is 21.6. The van der Waals surface area contributed by atoms with Crippen molar-refractivity contribution in [3.63, 3.8) is 0 Å². The maximum absolute atomic E-state index is 13.0. The van der Waals surface area contributed by atoms with Gasteiger partial charge >= 0.3 is 0 Å². The Morgan fingerprint density at radius 1 is 1.10 bits per heavy atom. The van der Waals surface area contributed by atoms with Gasteiger partial charge in [0.2, 0.25) is 5.91 Å². The van der Waals surface area contributed by atoms with Crippen LogP contribution >= 0.6 is 11.6 Å². The van der Waals surface area contributed by atoms with Crippen LogP contribution in [0.5, 0.6) is 5.75 Å². The van der Waals surface area contributed by atoms with Gasteiger partial charge in [0.15, 0.2) is 6.61 Å². The molecule has 0 aliphatic rings. The number of aryl methyl sites for hydroxylation is 2. The molecule has 2 aromatic carbocycles. The van der Waals surface area contributed by atoms with E-state index in [9.17, 15) is 9.59 Å². The predicted octanol–water partition coefficient (Wildman–Crippen LogP) is 4.28. The molecule has 1 atom stereocenters. The third-order valence-electron chi connectivity index (χ3n) is 4.59. The molecule has 0 saturated carbocycles. The van der Waals surface area contributed by atoms with Crippen molar-refractivity contribution in [1.29, 1.82) is 0 Å². The topological polar surface area (TPSA) is 58.6 Å². The van der Waals surface area contributed by atoms with Gasteiger partial charge in [0.1, 0.15) is 11.8 Å². The minimum Gasteiger partial charge on any atom is -0.483 e. The van der Waals surface area contributed by atoms with Crippen molar-refractivity contribution in [1.82, 2.24) is 10.2 Å². The van der Waals surface area contributed by atoms with E-state index in [0.717, 1.165) is 16.7 Å². The Bertz CT molecular complexity index is 867. The van der Waals surface area contributed by atoms with E-state index in [0.29, 0.717) is 10.8 Å². The quantitative estimate of drug-likeness (QED) is 0.698. The van der Waals surface area contributed by atoms with Gasteiger partial charge in [0.05, 0.1) is 0 Å². The zero-order valence-electron chi connectivity index (χ0n) is 17.7. The summed E-state index contributed by atoms with van der Waals surface area (Å²) < 4.78 is 5.78. The van der Waals surface area contributed by atoms with Crippen LogP contribution in [0.1, 0.15) is 37.5 Å². The molecule has 0 fully saturated rings. The number of carbonyl (C=O) groups is 2. The van der Waals surface area contributed by atoms with Crippen molar-refractivity contribution in [2.24, 2.45) is 0 Å². The molecule has 5 nitrogen and oxygen atoms in total. The first-order chi connectivity index (χ1) is 13.7. The number of ether oxygens (including phenoxy) is 1. The molecule has 156 valence electrons. The summed E-state index contributed by atoms with van der Waals surface area (Å²) in [4.78, 5) is 27.1. The SMILES string of the molecule is Cc1ccc(C)c(OCC(=O)N(Cc2ccccc2Cl)[C@H](C)C(=O)NC(C)C)c1. The summed E-state index contributed by atoms with van der Waals surface area (Å²) in [7, 11) is 0. The van der Waals surface area contributed by atoms with Crippen molar-refractivity contribution in [2.75, 3.05) is 6.61 Å². The van der Waals surface area contributed by atoms with E-state index in [4.69, 9.17) is 16.3 Å². The monoisotopic (exact) mass is 416 g/mol. The molecule has 0 heterocycles. The minimum absolute atomic E-state index is 0.0200. The van der Waals surface area contributed by atoms with E-state index < -0.39 is 6.04 Å². The first-order valence-electron chi connectivity index (χ1n) is 9.72. The molecule has 0 aromatic heterocycles. The van der Waals surface area contributed by atoms with Crippen LogP contribution in [0.4, 0.5) is 0 Å². The lowest BCUT2D eigenvalue weighted by molar-refractivity contribution is -0.142. The van der Waals surface area contributed by atoms with Crippen LogP contribution in [0.15, 0.2) is 42.5 Å². The molecule has 0 bridgehead atoms. The van der Waals surface area contributed by atoms with Gasteiger partial charge in [-0.05, 0) is 63.4 Å². The average Bonchev–Trinajstić information content (AvgIpc) is 2.66. The van der Waals surface area contributed by atoms with Crippen molar-refractivity contribution >= 4 is 23.4 Å². The second kappa shape index (κ2) is 10.3. The number of hydrogen-bond acceptors (Lipinski definition) is 3. The standard InChI is InChI=1S/C23H29ClN2O3/c1-15(2)25-23(28)18(5)26(13-19-8-6-7-9-20(19)24)22(27)14-29-21-12-16(3)10-11-17(21)4/h6-12,15,18H,13-14H2,1-5H3,(H,25,28)/t18-/m1/s1. The molecule has 2 rings (SSSR count). The highest BCUT2D eigenvalue weighted by Crippen LogP contribution is 2.21. The third kappa shape index (κ3) is 6.50. The summed E-state index contributed by atoms with van der Waals surface area (Å²) in [6.07, 6.45) is 0. The first kappa shape index (κ1) is 22.8. The van der Waals surface area contributed by atoms with Gasteiger partial charge in [-0.1, -0.05) is 41.9 Å². The highest BCUT2D eigenvalue weighted by molar-refractivity contribution is 6.31. The van der Waals surface area contributed by atoms with Crippen molar-refractivity contribution in [3.05, 3.63) is 64.2 Å². The fraction of sp³-hybridized carbons (Fsp3) is 0.391. The van der Waals surface area contributed by atoms with Crippen LogP contribution in [-0.4, -0.2) is 35.4 Å². The van der Waals surface area contributed by atoms with Crippen LogP contribution in [0, 0.1) is 13.8 Å². The average molecular weight is 417 g/mol. The molecule has 2 aromatic rings. The molecule has 6 heteroatoms. The van der Waals surface area contributed by atoms with E-state index in [1.165, 1.54) is 4.90 Å². The molecule has 0 unspecified atom stereocenters. The number of carbonyl (C=O) groups excluding carboxylic acids is 2. The lowest BCUT2D eigenvalue weighted by Crippen LogP contribution is -2.50. The Morgan fingerprint density at radius 3 is 2.45 bits per heavy atom. The molecule has 29 heavy (non-hydrogen) atoms. The smallest absolute Gasteiger partial charge is 0.261 e. The largest absolute Gasteiger partial charge is 0.483 e. The number of nitrogens with zero attached hydrogens (tertiary/aromatic N) is 1. The number of amides is 2. The summed E-state index contributed by atoms with van der Waals surface area (Å²) >= 11 is 6.28. The Hall–Kier alpha value is -2.53. The number of nitrogens with one attached hydrogen (secondary N) is 1. The van der Waals surface area contributed by atoms with Gasteiger partial charge in [-0.25, -0.2) is 0 Å². The summed E-state index contributed by atoms with van der Waals surface area (Å²) in [5.74, 6) is 0.166. The fourth-order valence-electron chi connectivity index (χ4n) is 2.88. The summed E-state index contributed by atoms with van der Waals surface area (Å²) in [6, 6.07) is 12.5. The number of rotatable bonds is 8. The highest BCUT2D eigenvalue weighted by atomic mass is 35.5. The lowest BCUT2D eigenvalue weighted by Gasteiger charge is -2.29. The van der Waals surface area contributed by atoms with E-state index in [-0.39, 0.29) is 31.0 Å². The summed E-state index contributed by atoms with van der Waals surface area (Å²) in [6.45, 7) is 9.44. The summed E-state index contributed by atoms with van der Waals surface area (Å²) in [5, 5.41) is 3.41. The highest BCUT2D eigenvalue weighted by Gasteiger charge is 2.27. The molecule has 0 saturated heterocycles. The van der Waals surface area contributed by atoms with Crippen molar-refractivity contribution < 1.29 is 14.3 Å². The molecular weight excluding hydrogens is 388 g/mol. The second-order valence-corrected chi connectivity index (χ2v) is 7.92. The van der Waals surface area contributed by atoms with Gasteiger partial charge < -0.3 is 15.0 Å². The van der Waals surface area contributed by atoms with E-state index in [1.54, 1.807) is 13.0 Å². The van der Waals surface area contributed by atoms with E-state index in [1.807, 2.05) is 64.1 Å². The maximum atomic E-state index is 13.0. The second-order valence-electron chi connectivity index (χ2n) is 7.51. The first-order valence-corrected chi connectivity index (χ1v) is 10.1.